The van der Waals surface area contributed by atoms with Gasteiger partial charge in [0.15, 0.2) is 5.82 Å². The molecule has 1 aliphatic heterocycles. The maximum atomic E-state index is 5.78. The predicted molar refractivity (Wildman–Crippen MR) is 82.5 cm³/mol. The van der Waals surface area contributed by atoms with Gasteiger partial charge in [-0.2, -0.15) is 9.99 Å². The number of aromatic nitrogens is 2. The molecule has 0 spiro atoms. The number of allylic oxidation sites excluding steroid dienone is 1. The highest BCUT2D eigenvalue weighted by molar-refractivity contribution is 8.14. The first kappa shape index (κ1) is 14.1. The fourth-order valence-corrected chi connectivity index (χ4v) is 2.71. The van der Waals surface area contributed by atoms with Gasteiger partial charge in [-0.1, -0.05) is 36.4 Å². The van der Waals surface area contributed by atoms with Crippen LogP contribution in [-0.4, -0.2) is 20.9 Å². The maximum Gasteiger partial charge on any atom is 0.222 e. The van der Waals surface area contributed by atoms with E-state index in [2.05, 4.69) is 22.0 Å². The third-order valence-electron chi connectivity index (χ3n) is 2.67. The molecule has 0 saturated heterocycles. The van der Waals surface area contributed by atoms with Crippen LogP contribution in [0, 0.1) is 6.92 Å². The van der Waals surface area contributed by atoms with E-state index in [1.54, 1.807) is 11.8 Å². The highest BCUT2D eigenvalue weighted by atomic mass is 35.5. The van der Waals surface area contributed by atoms with Crippen molar-refractivity contribution in [1.82, 2.24) is 9.97 Å². The van der Waals surface area contributed by atoms with Crippen molar-refractivity contribution >= 4 is 40.3 Å². The molecule has 2 rings (SSSR count). The number of nitrogens with two attached hydrogens (primary N) is 1. The van der Waals surface area contributed by atoms with Crippen molar-refractivity contribution in [3.63, 3.8) is 0 Å². The summed E-state index contributed by atoms with van der Waals surface area (Å²) >= 11 is 7.40. The zero-order valence-corrected chi connectivity index (χ0v) is 12.7. The second-order valence-electron chi connectivity index (χ2n) is 4.12. The largest absolute Gasteiger partial charge is 0.368 e. The fourth-order valence-electron chi connectivity index (χ4n) is 1.71. The maximum absolute atomic E-state index is 5.78. The lowest BCUT2D eigenvalue weighted by Gasteiger charge is -2.10. The second-order valence-corrected chi connectivity index (χ2v) is 5.70. The summed E-state index contributed by atoms with van der Waals surface area (Å²) in [6.45, 7) is 5.87. The topological polar surface area (TPSA) is 67.2 Å². The Hall–Kier alpha value is -1.27. The Balaban J connectivity index is 2.07. The molecule has 0 unspecified atom stereocenters. The Morgan fingerprint density at radius 3 is 2.84 bits per heavy atom. The van der Waals surface area contributed by atoms with E-state index in [1.807, 2.05) is 24.9 Å². The van der Waals surface area contributed by atoms with Crippen LogP contribution in [0.4, 0.5) is 11.8 Å². The number of amidine groups is 1. The third-order valence-corrected chi connectivity index (χ3v) is 3.67. The van der Waals surface area contributed by atoms with Gasteiger partial charge in [0, 0.05) is 22.0 Å². The monoisotopic (exact) mass is 297 g/mol. The third kappa shape index (κ3) is 3.39. The molecule has 0 aliphatic carbocycles. The Kier molecular flexibility index (Phi) is 4.31. The summed E-state index contributed by atoms with van der Waals surface area (Å²) in [5, 5.41) is 7.84. The molecule has 1 aromatic rings. The minimum Gasteiger partial charge on any atom is -0.368 e. The normalized spacial score (nSPS) is 14.6. The van der Waals surface area contributed by atoms with Gasteiger partial charge in [-0.05, 0) is 20.3 Å². The molecule has 0 amide bonds. The molecular weight excluding hydrogens is 282 g/mol. The van der Waals surface area contributed by atoms with Gasteiger partial charge in [0.2, 0.25) is 11.1 Å². The molecule has 2 heterocycles. The molecule has 0 fully saturated rings. The van der Waals surface area contributed by atoms with E-state index in [0.717, 1.165) is 39.4 Å². The van der Waals surface area contributed by atoms with Crippen LogP contribution in [0.5, 0.6) is 0 Å². The lowest BCUT2D eigenvalue weighted by atomic mass is 10.2. The van der Waals surface area contributed by atoms with E-state index in [1.165, 1.54) is 0 Å². The number of nitrogens with zero attached hydrogens (tertiary/aromatic N) is 4. The summed E-state index contributed by atoms with van der Waals surface area (Å²) in [6, 6.07) is 0. The van der Waals surface area contributed by atoms with E-state index >= 15 is 0 Å². The highest BCUT2D eigenvalue weighted by Crippen LogP contribution is 2.32. The van der Waals surface area contributed by atoms with Crippen molar-refractivity contribution in [3.05, 3.63) is 22.4 Å². The number of hydrogen-bond acceptors (Lipinski definition) is 6. The number of halogens is 1. The number of nitrogen functional groups attached to an aromatic ring is 1. The van der Waals surface area contributed by atoms with Gasteiger partial charge in [-0.25, -0.2) is 4.98 Å². The van der Waals surface area contributed by atoms with Gasteiger partial charge in [0.25, 0.3) is 0 Å². The number of hydrogen-bond donors (Lipinski definition) is 1. The van der Waals surface area contributed by atoms with Crippen LogP contribution in [-0.2, 0) is 6.42 Å². The van der Waals surface area contributed by atoms with E-state index in [-0.39, 0.29) is 5.95 Å². The van der Waals surface area contributed by atoms with Gasteiger partial charge in [0.1, 0.15) is 0 Å². The minimum atomic E-state index is 0.285. The average molecular weight is 298 g/mol. The van der Waals surface area contributed by atoms with Crippen LogP contribution in [0.1, 0.15) is 25.1 Å². The number of thioether (sulfide) groups is 1. The van der Waals surface area contributed by atoms with Gasteiger partial charge >= 0.3 is 0 Å². The lowest BCUT2D eigenvalue weighted by molar-refractivity contribution is 0.990. The minimum absolute atomic E-state index is 0.285. The van der Waals surface area contributed by atoms with Gasteiger partial charge in [0.05, 0.1) is 0 Å². The number of anilines is 2. The van der Waals surface area contributed by atoms with Crippen molar-refractivity contribution in [3.8, 4) is 0 Å². The van der Waals surface area contributed by atoms with E-state index < -0.39 is 0 Å². The van der Waals surface area contributed by atoms with Crippen LogP contribution in [0.2, 0.25) is 0 Å². The summed E-state index contributed by atoms with van der Waals surface area (Å²) in [4.78, 5) is 8.46. The van der Waals surface area contributed by atoms with Crippen LogP contribution in [0.15, 0.2) is 16.2 Å². The van der Waals surface area contributed by atoms with Gasteiger partial charge in [-0.3, -0.25) is 0 Å². The van der Waals surface area contributed by atoms with Crippen LogP contribution < -0.4 is 10.7 Å². The Morgan fingerprint density at radius 2 is 2.21 bits per heavy atom. The fraction of sp³-hybridized carbons (Fsp3) is 0.417. The zero-order valence-electron chi connectivity index (χ0n) is 11.1. The predicted octanol–water partition coefficient (Wildman–Crippen LogP) is 2.90. The first-order chi connectivity index (χ1) is 9.02. The number of aryl methyl sites for hydroxylation is 1. The highest BCUT2D eigenvalue weighted by Gasteiger charge is 2.30. The number of hydrazone groups is 1. The molecule has 0 saturated carbocycles. The molecule has 1 aromatic heterocycles. The summed E-state index contributed by atoms with van der Waals surface area (Å²) in [5.41, 5.74) is 7.69. The van der Waals surface area contributed by atoms with Crippen LogP contribution in [0.25, 0.3) is 0 Å². The molecule has 5 nitrogen and oxygen atoms in total. The summed E-state index contributed by atoms with van der Waals surface area (Å²) in [7, 11) is 0. The Morgan fingerprint density at radius 1 is 1.47 bits per heavy atom. The van der Waals surface area contributed by atoms with Crippen molar-refractivity contribution in [2.75, 3.05) is 16.5 Å². The van der Waals surface area contributed by atoms with Crippen molar-refractivity contribution < 1.29 is 0 Å². The van der Waals surface area contributed by atoms with Gasteiger partial charge < -0.3 is 5.73 Å². The lowest BCUT2D eigenvalue weighted by Crippen LogP contribution is -2.11. The van der Waals surface area contributed by atoms with Crippen LogP contribution in [0.3, 0.4) is 0 Å². The molecule has 1 aliphatic rings. The summed E-state index contributed by atoms with van der Waals surface area (Å²) < 4.78 is 0. The second kappa shape index (κ2) is 5.79. The number of rotatable bonds is 4. The summed E-state index contributed by atoms with van der Waals surface area (Å²) in [5.74, 6) is 1.88. The Bertz CT molecular complexity index is 551. The zero-order chi connectivity index (χ0) is 14.0. The Labute approximate surface area is 121 Å². The van der Waals surface area contributed by atoms with E-state index in [4.69, 9.17) is 17.3 Å². The SMILES string of the molecule is CCc1c(C)nc(N)nc1N1N=C1SCC=C(C)Cl. The molecule has 0 radical (unpaired) electrons. The van der Waals surface area contributed by atoms with Crippen molar-refractivity contribution in [2.24, 2.45) is 5.10 Å². The molecule has 7 heteroatoms. The van der Waals surface area contributed by atoms with E-state index in [0.29, 0.717) is 0 Å². The molecule has 2 N–H and O–H groups in total. The average Bonchev–Trinajstić information content (AvgIpc) is 3.07. The molecule has 0 aromatic carbocycles. The standard InChI is InChI=1S/C12H16ClN5S/c1-4-9-8(3)15-11(14)16-10(9)18-12(17-18)19-6-5-7(2)13/h5H,4,6H2,1-3H3,(H2,14,15,16). The molecular formula is C12H16ClN5S. The molecule has 0 atom stereocenters. The van der Waals surface area contributed by atoms with Crippen LogP contribution >= 0.6 is 23.4 Å². The molecule has 102 valence electrons. The van der Waals surface area contributed by atoms with E-state index in [9.17, 15) is 0 Å². The van der Waals surface area contributed by atoms with Crippen molar-refractivity contribution in [2.45, 2.75) is 27.2 Å². The molecule has 19 heavy (non-hydrogen) atoms. The van der Waals surface area contributed by atoms with Gasteiger partial charge in [-0.15, -0.1) is 5.10 Å². The first-order valence-electron chi connectivity index (χ1n) is 5.99. The smallest absolute Gasteiger partial charge is 0.222 e. The quantitative estimate of drug-likeness (QED) is 0.925. The van der Waals surface area contributed by atoms with Crippen molar-refractivity contribution in [1.29, 1.82) is 0 Å². The first-order valence-corrected chi connectivity index (χ1v) is 7.36. The summed E-state index contributed by atoms with van der Waals surface area (Å²) in [6.07, 6.45) is 2.80. The molecule has 0 bridgehead atoms.